The maximum atomic E-state index is 13.3. The average Bonchev–Trinajstić information content (AvgIpc) is 3.23. The predicted molar refractivity (Wildman–Crippen MR) is 80.4 cm³/mol. The van der Waals surface area contributed by atoms with Crippen LogP contribution in [0.3, 0.4) is 0 Å². The maximum absolute atomic E-state index is 13.3. The Kier molecular flexibility index (Phi) is 3.50. The van der Waals surface area contributed by atoms with Crippen molar-refractivity contribution in [2.45, 2.75) is 23.0 Å². The summed E-state index contributed by atoms with van der Waals surface area (Å²) >= 11 is 0. The van der Waals surface area contributed by atoms with Crippen LogP contribution in [0.4, 0.5) is 4.39 Å². The van der Waals surface area contributed by atoms with Gasteiger partial charge in [-0.25, -0.2) is 12.8 Å². The van der Waals surface area contributed by atoms with Crippen LogP contribution in [0.25, 0.3) is 0 Å². The monoisotopic (exact) mass is 315 g/mol. The molecule has 3 rings (SSSR count). The SMILES string of the molecule is Cc1ccc(S(=O)(=O)[C@@H]2[C@H](C#N)[C@H]2c2cccc(F)c2)cc1. The summed E-state index contributed by atoms with van der Waals surface area (Å²) in [6.45, 7) is 1.88. The minimum Gasteiger partial charge on any atom is -0.223 e. The van der Waals surface area contributed by atoms with Gasteiger partial charge in [0.05, 0.1) is 22.1 Å². The average molecular weight is 315 g/mol. The Morgan fingerprint density at radius 1 is 1.14 bits per heavy atom. The molecule has 0 spiro atoms. The van der Waals surface area contributed by atoms with Crippen molar-refractivity contribution in [3.63, 3.8) is 0 Å². The first kappa shape index (κ1) is 14.7. The molecule has 2 aromatic carbocycles. The molecule has 0 radical (unpaired) electrons. The molecule has 0 unspecified atom stereocenters. The van der Waals surface area contributed by atoms with E-state index in [1.807, 2.05) is 13.0 Å². The smallest absolute Gasteiger partial charge is 0.183 e. The lowest BCUT2D eigenvalue weighted by atomic mass is 10.1. The van der Waals surface area contributed by atoms with E-state index in [9.17, 15) is 18.1 Å². The number of hydrogen-bond acceptors (Lipinski definition) is 3. The Balaban J connectivity index is 1.98. The molecule has 3 nitrogen and oxygen atoms in total. The van der Waals surface area contributed by atoms with Gasteiger partial charge in [0, 0.05) is 5.92 Å². The zero-order chi connectivity index (χ0) is 15.9. The van der Waals surface area contributed by atoms with Crippen LogP contribution in [0, 0.1) is 30.0 Å². The Morgan fingerprint density at radius 3 is 2.41 bits per heavy atom. The number of aryl methyl sites for hydroxylation is 1. The second-order valence-corrected chi connectivity index (χ2v) is 7.66. The first-order valence-electron chi connectivity index (χ1n) is 6.91. The zero-order valence-electron chi connectivity index (χ0n) is 11.9. The van der Waals surface area contributed by atoms with Crippen molar-refractivity contribution in [1.29, 1.82) is 5.26 Å². The fourth-order valence-electron chi connectivity index (χ4n) is 2.82. The molecule has 2 aromatic rings. The number of sulfone groups is 1. The second-order valence-electron chi connectivity index (χ2n) is 5.56. The van der Waals surface area contributed by atoms with Gasteiger partial charge >= 0.3 is 0 Å². The summed E-state index contributed by atoms with van der Waals surface area (Å²) in [5.41, 5.74) is 1.53. The fraction of sp³-hybridized carbons (Fsp3) is 0.235. The molecule has 0 heterocycles. The van der Waals surface area contributed by atoms with E-state index in [1.54, 1.807) is 30.3 Å². The van der Waals surface area contributed by atoms with Gasteiger partial charge in [-0.2, -0.15) is 5.26 Å². The van der Waals surface area contributed by atoms with E-state index < -0.39 is 32.7 Å². The van der Waals surface area contributed by atoms with Crippen molar-refractivity contribution in [2.75, 3.05) is 0 Å². The van der Waals surface area contributed by atoms with E-state index >= 15 is 0 Å². The zero-order valence-corrected chi connectivity index (χ0v) is 12.7. The molecule has 0 amide bonds. The lowest BCUT2D eigenvalue weighted by Crippen LogP contribution is -2.10. The van der Waals surface area contributed by atoms with Crippen LogP contribution in [-0.4, -0.2) is 13.7 Å². The molecule has 0 aliphatic heterocycles. The van der Waals surface area contributed by atoms with Crippen molar-refractivity contribution in [3.05, 3.63) is 65.5 Å². The lowest BCUT2D eigenvalue weighted by molar-refractivity contribution is 0.593. The molecule has 0 bridgehead atoms. The molecule has 1 saturated carbocycles. The first-order valence-corrected chi connectivity index (χ1v) is 8.45. The van der Waals surface area contributed by atoms with Crippen molar-refractivity contribution in [2.24, 2.45) is 5.92 Å². The fourth-order valence-corrected chi connectivity index (χ4v) is 4.89. The van der Waals surface area contributed by atoms with E-state index in [0.717, 1.165) is 5.56 Å². The van der Waals surface area contributed by atoms with Gasteiger partial charge in [0.15, 0.2) is 9.84 Å². The van der Waals surface area contributed by atoms with Gasteiger partial charge in [-0.05, 0) is 36.8 Å². The Morgan fingerprint density at radius 2 is 1.82 bits per heavy atom. The van der Waals surface area contributed by atoms with Gasteiger partial charge in [0.25, 0.3) is 0 Å². The van der Waals surface area contributed by atoms with Crippen LogP contribution in [-0.2, 0) is 9.84 Å². The summed E-state index contributed by atoms with van der Waals surface area (Å²) in [5, 5.41) is 8.42. The van der Waals surface area contributed by atoms with E-state index in [4.69, 9.17) is 0 Å². The minimum atomic E-state index is -3.60. The number of halogens is 1. The topological polar surface area (TPSA) is 57.9 Å². The van der Waals surface area contributed by atoms with Gasteiger partial charge in [-0.3, -0.25) is 0 Å². The summed E-state index contributed by atoms with van der Waals surface area (Å²) in [5.74, 6) is -1.52. The molecule has 22 heavy (non-hydrogen) atoms. The molecule has 0 N–H and O–H groups in total. The molecule has 0 aromatic heterocycles. The highest BCUT2D eigenvalue weighted by molar-refractivity contribution is 7.92. The normalized spacial score (nSPS) is 23.8. The minimum absolute atomic E-state index is 0.210. The van der Waals surface area contributed by atoms with Crippen LogP contribution >= 0.6 is 0 Å². The van der Waals surface area contributed by atoms with E-state index in [1.165, 1.54) is 18.2 Å². The number of benzene rings is 2. The summed E-state index contributed by atoms with van der Waals surface area (Å²) in [7, 11) is -3.60. The number of nitriles is 1. The van der Waals surface area contributed by atoms with Crippen molar-refractivity contribution in [3.8, 4) is 6.07 Å². The molecule has 0 saturated heterocycles. The number of rotatable bonds is 3. The third kappa shape index (κ3) is 2.40. The molecule has 1 fully saturated rings. The van der Waals surface area contributed by atoms with Gasteiger partial charge in [-0.1, -0.05) is 29.8 Å². The Labute approximate surface area is 128 Å². The molecule has 112 valence electrons. The van der Waals surface area contributed by atoms with Crippen LogP contribution < -0.4 is 0 Å². The predicted octanol–water partition coefficient (Wildman–Crippen LogP) is 3.21. The largest absolute Gasteiger partial charge is 0.223 e. The molecular weight excluding hydrogens is 301 g/mol. The quantitative estimate of drug-likeness (QED) is 0.874. The molecular formula is C17H14FNO2S. The van der Waals surface area contributed by atoms with Crippen molar-refractivity contribution < 1.29 is 12.8 Å². The molecule has 1 aliphatic rings. The lowest BCUT2D eigenvalue weighted by Gasteiger charge is -2.04. The van der Waals surface area contributed by atoms with Crippen LogP contribution in [0.2, 0.25) is 0 Å². The van der Waals surface area contributed by atoms with E-state index in [2.05, 4.69) is 0 Å². The highest BCUT2D eigenvalue weighted by Gasteiger charge is 2.59. The summed E-state index contributed by atoms with van der Waals surface area (Å²) in [6.07, 6.45) is 0. The third-order valence-electron chi connectivity index (χ3n) is 4.04. The number of hydrogen-bond donors (Lipinski definition) is 0. The first-order chi connectivity index (χ1) is 10.4. The second kappa shape index (κ2) is 5.22. The van der Waals surface area contributed by atoms with Gasteiger partial charge in [0.2, 0.25) is 0 Å². The molecule has 5 heteroatoms. The summed E-state index contributed by atoms with van der Waals surface area (Å²) < 4.78 is 38.7. The highest BCUT2D eigenvalue weighted by atomic mass is 32.2. The maximum Gasteiger partial charge on any atom is 0.183 e. The van der Waals surface area contributed by atoms with Gasteiger partial charge < -0.3 is 0 Å². The van der Waals surface area contributed by atoms with Crippen LogP contribution in [0.15, 0.2) is 53.4 Å². The third-order valence-corrected chi connectivity index (χ3v) is 6.28. The highest BCUT2D eigenvalue weighted by Crippen LogP contribution is 2.53. The van der Waals surface area contributed by atoms with Crippen molar-refractivity contribution >= 4 is 9.84 Å². The Hall–Kier alpha value is -2.19. The van der Waals surface area contributed by atoms with Gasteiger partial charge in [0.1, 0.15) is 5.82 Å². The molecule has 3 atom stereocenters. The Bertz CT molecular complexity index is 853. The standard InChI is InChI=1S/C17H14FNO2S/c1-11-5-7-14(8-6-11)22(20,21)17-15(10-19)16(17)12-3-2-4-13(18)9-12/h2-9,15-17H,1H3/t15-,16-,17-/m1/s1. The van der Waals surface area contributed by atoms with Crippen LogP contribution in [0.5, 0.6) is 0 Å². The van der Waals surface area contributed by atoms with E-state index in [-0.39, 0.29) is 4.90 Å². The summed E-state index contributed by atoms with van der Waals surface area (Å²) in [6, 6.07) is 14.4. The van der Waals surface area contributed by atoms with Crippen LogP contribution in [0.1, 0.15) is 17.0 Å². The van der Waals surface area contributed by atoms with Gasteiger partial charge in [-0.15, -0.1) is 0 Å². The van der Waals surface area contributed by atoms with Crippen molar-refractivity contribution in [1.82, 2.24) is 0 Å². The van der Waals surface area contributed by atoms with E-state index in [0.29, 0.717) is 5.56 Å². The number of nitrogens with zero attached hydrogens (tertiary/aromatic N) is 1. The summed E-state index contributed by atoms with van der Waals surface area (Å²) in [4.78, 5) is 0.210. The molecule has 1 aliphatic carbocycles.